The zero-order chi connectivity index (χ0) is 20.2. The van der Waals surface area contributed by atoms with E-state index < -0.39 is 0 Å². The maximum absolute atomic E-state index is 4.72. The molecule has 0 atom stereocenters. The van der Waals surface area contributed by atoms with Crippen LogP contribution < -0.4 is 0 Å². The van der Waals surface area contributed by atoms with Crippen LogP contribution in [-0.2, 0) is 6.42 Å². The summed E-state index contributed by atoms with van der Waals surface area (Å²) in [6, 6.07) is 6.57. The van der Waals surface area contributed by atoms with Gasteiger partial charge < -0.3 is 0 Å². The zero-order valence-electron chi connectivity index (χ0n) is 18.2. The topological polar surface area (TPSA) is 12.4 Å². The summed E-state index contributed by atoms with van der Waals surface area (Å²) in [5.41, 5.74) is 8.94. The largest absolute Gasteiger partial charge is 0.261 e. The molecule has 1 aromatic rings. The molecule has 0 N–H and O–H groups in total. The van der Waals surface area contributed by atoms with Crippen LogP contribution in [0.3, 0.4) is 0 Å². The monoisotopic (exact) mass is 363 g/mol. The van der Waals surface area contributed by atoms with Crippen LogP contribution in [0.4, 0.5) is 5.69 Å². The molecule has 27 heavy (non-hydrogen) atoms. The molecule has 0 saturated carbocycles. The molecule has 0 fully saturated rings. The second kappa shape index (κ2) is 12.3. The van der Waals surface area contributed by atoms with Gasteiger partial charge in [-0.05, 0) is 88.1 Å². The van der Waals surface area contributed by atoms with E-state index in [0.29, 0.717) is 0 Å². The van der Waals surface area contributed by atoms with Crippen LogP contribution in [0, 0.1) is 6.92 Å². The molecule has 0 aliphatic rings. The summed E-state index contributed by atoms with van der Waals surface area (Å²) in [5.74, 6) is 0. The molecule has 0 spiro atoms. The molecule has 0 amide bonds. The summed E-state index contributed by atoms with van der Waals surface area (Å²) in [5, 5.41) is 0. The van der Waals surface area contributed by atoms with Crippen LogP contribution in [0.15, 0.2) is 70.3 Å². The molecule has 146 valence electrons. The van der Waals surface area contributed by atoms with Crippen LogP contribution in [0.1, 0.15) is 71.4 Å². The van der Waals surface area contributed by atoms with Crippen molar-refractivity contribution in [3.05, 3.63) is 76.4 Å². The van der Waals surface area contributed by atoms with E-state index in [0.717, 1.165) is 37.8 Å². The van der Waals surface area contributed by atoms with E-state index >= 15 is 0 Å². The maximum Gasteiger partial charge on any atom is 0.0657 e. The second-order valence-electron chi connectivity index (χ2n) is 7.09. The number of allylic oxidation sites excluding steroid dienone is 7. The molecule has 0 aromatic heterocycles. The fourth-order valence-corrected chi connectivity index (χ4v) is 3.12. The third-order valence-electron chi connectivity index (χ3n) is 5.08. The fourth-order valence-electron chi connectivity index (χ4n) is 3.12. The number of hydrogen-bond donors (Lipinski definition) is 0. The van der Waals surface area contributed by atoms with Crippen molar-refractivity contribution in [3.63, 3.8) is 0 Å². The Bertz CT molecular complexity index is 741. The summed E-state index contributed by atoms with van der Waals surface area (Å²) in [7, 11) is 0. The highest BCUT2D eigenvalue weighted by Gasteiger charge is 2.05. The number of aliphatic imine (C=N–C) groups is 1. The van der Waals surface area contributed by atoms with Gasteiger partial charge in [0.25, 0.3) is 0 Å². The lowest BCUT2D eigenvalue weighted by molar-refractivity contribution is 0.996. The van der Waals surface area contributed by atoms with Gasteiger partial charge >= 0.3 is 0 Å². The predicted octanol–water partition coefficient (Wildman–Crippen LogP) is 8.24. The third-order valence-corrected chi connectivity index (χ3v) is 5.08. The van der Waals surface area contributed by atoms with E-state index in [9.17, 15) is 0 Å². The van der Waals surface area contributed by atoms with Crippen molar-refractivity contribution in [2.45, 2.75) is 73.6 Å². The summed E-state index contributed by atoms with van der Waals surface area (Å²) < 4.78 is 0. The molecule has 0 radical (unpaired) electrons. The molecule has 0 bridgehead atoms. The van der Waals surface area contributed by atoms with E-state index in [2.05, 4.69) is 84.5 Å². The average molecular weight is 364 g/mol. The van der Waals surface area contributed by atoms with Crippen LogP contribution >= 0.6 is 0 Å². The third kappa shape index (κ3) is 7.54. The van der Waals surface area contributed by atoms with Crippen LogP contribution in [-0.4, -0.2) is 6.21 Å². The molecule has 1 aromatic carbocycles. The summed E-state index contributed by atoms with van der Waals surface area (Å²) in [6.07, 6.45) is 13.6. The van der Waals surface area contributed by atoms with Crippen molar-refractivity contribution in [2.75, 3.05) is 0 Å². The van der Waals surface area contributed by atoms with E-state index in [1.54, 1.807) is 0 Å². The van der Waals surface area contributed by atoms with E-state index in [-0.39, 0.29) is 0 Å². The van der Waals surface area contributed by atoms with Gasteiger partial charge in [0, 0.05) is 6.21 Å². The molecular formula is C26H37N. The van der Waals surface area contributed by atoms with Gasteiger partial charge in [-0.25, -0.2) is 0 Å². The first-order chi connectivity index (χ1) is 12.9. The first-order valence-electron chi connectivity index (χ1n) is 10.2. The average Bonchev–Trinajstić information content (AvgIpc) is 2.67. The molecule has 0 aliphatic carbocycles. The Morgan fingerprint density at radius 1 is 1.15 bits per heavy atom. The van der Waals surface area contributed by atoms with Crippen LogP contribution in [0.25, 0.3) is 0 Å². The molecule has 0 saturated heterocycles. The van der Waals surface area contributed by atoms with Gasteiger partial charge in [0.1, 0.15) is 0 Å². The van der Waals surface area contributed by atoms with Crippen LogP contribution in [0.5, 0.6) is 0 Å². The van der Waals surface area contributed by atoms with Crippen molar-refractivity contribution in [1.29, 1.82) is 0 Å². The van der Waals surface area contributed by atoms with Gasteiger partial charge in [-0.1, -0.05) is 61.9 Å². The fraction of sp³-hybridized carbons (Fsp3) is 0.423. The first kappa shape index (κ1) is 22.9. The van der Waals surface area contributed by atoms with Crippen LogP contribution in [0.2, 0.25) is 0 Å². The van der Waals surface area contributed by atoms with Gasteiger partial charge in [-0.15, -0.1) is 0 Å². The lowest BCUT2D eigenvalue weighted by Crippen LogP contribution is -1.94. The number of benzene rings is 1. The van der Waals surface area contributed by atoms with E-state index in [4.69, 9.17) is 4.99 Å². The number of aryl methyl sites for hydroxylation is 1. The molecule has 1 rings (SSSR count). The van der Waals surface area contributed by atoms with Crippen molar-refractivity contribution in [2.24, 2.45) is 4.99 Å². The van der Waals surface area contributed by atoms with Crippen molar-refractivity contribution in [3.8, 4) is 0 Å². The summed E-state index contributed by atoms with van der Waals surface area (Å²) in [4.78, 5) is 4.72. The Morgan fingerprint density at radius 2 is 1.89 bits per heavy atom. The molecule has 0 unspecified atom stereocenters. The second-order valence-corrected chi connectivity index (χ2v) is 7.09. The first-order valence-corrected chi connectivity index (χ1v) is 10.2. The minimum absolute atomic E-state index is 0.918. The maximum atomic E-state index is 4.72. The number of hydrogen-bond acceptors (Lipinski definition) is 1. The number of nitrogens with zero attached hydrogens (tertiary/aromatic N) is 1. The molecule has 1 nitrogen and oxygen atoms in total. The van der Waals surface area contributed by atoms with Gasteiger partial charge in [-0.2, -0.15) is 0 Å². The highest BCUT2D eigenvalue weighted by Crippen LogP contribution is 2.25. The lowest BCUT2D eigenvalue weighted by Gasteiger charge is -2.13. The Hall–Kier alpha value is -2.15. The quantitative estimate of drug-likeness (QED) is 0.225. The molecular weight excluding hydrogens is 326 g/mol. The standard InChI is InChI=1S/C26H37N/c1-8-11-12-15-24-17-16-22(6)26(19-24)27-18-13-14-21(5)23(7)25(10-3)20(4)9-2/h9,11-12,16-19H,5,8,10,13-15H2,1-4,6-7H3/b12-11+,20-9-,25-23-,27-18+. The minimum atomic E-state index is 0.918. The Kier molecular flexibility index (Phi) is 10.4. The van der Waals surface area contributed by atoms with Gasteiger partial charge in [0.05, 0.1) is 5.69 Å². The minimum Gasteiger partial charge on any atom is -0.261 e. The number of rotatable bonds is 10. The Balaban J connectivity index is 2.74. The Morgan fingerprint density at radius 3 is 2.52 bits per heavy atom. The summed E-state index contributed by atoms with van der Waals surface area (Å²) in [6.45, 7) is 17.3. The molecule has 1 heteroatoms. The highest BCUT2D eigenvalue weighted by molar-refractivity contribution is 5.65. The zero-order valence-corrected chi connectivity index (χ0v) is 18.2. The molecule has 0 aliphatic heterocycles. The predicted molar refractivity (Wildman–Crippen MR) is 123 cm³/mol. The van der Waals surface area contributed by atoms with E-state index in [1.165, 1.54) is 33.4 Å². The highest BCUT2D eigenvalue weighted by atomic mass is 14.7. The lowest BCUT2D eigenvalue weighted by atomic mass is 9.93. The van der Waals surface area contributed by atoms with Crippen molar-refractivity contribution in [1.82, 2.24) is 0 Å². The SMILES string of the molecule is C=C(CC/C=N/c1cc(C/C=C/CC)ccc1C)/C(C)=C(CC)\C(C)=C/C. The van der Waals surface area contributed by atoms with Gasteiger partial charge in [0.2, 0.25) is 0 Å². The summed E-state index contributed by atoms with van der Waals surface area (Å²) >= 11 is 0. The smallest absolute Gasteiger partial charge is 0.0657 e. The van der Waals surface area contributed by atoms with Crippen molar-refractivity contribution < 1.29 is 0 Å². The van der Waals surface area contributed by atoms with Crippen molar-refractivity contribution >= 4 is 11.9 Å². The van der Waals surface area contributed by atoms with Gasteiger partial charge in [-0.3, -0.25) is 4.99 Å². The normalized spacial score (nSPS) is 13.5. The van der Waals surface area contributed by atoms with Gasteiger partial charge in [0.15, 0.2) is 0 Å². The Labute approximate surface area is 167 Å². The molecule has 0 heterocycles. The van der Waals surface area contributed by atoms with E-state index in [1.807, 2.05) is 6.21 Å².